The normalized spacial score (nSPS) is 24.4. The van der Waals surface area contributed by atoms with Crippen molar-refractivity contribution in [2.24, 2.45) is 0 Å². The summed E-state index contributed by atoms with van der Waals surface area (Å²) in [6.07, 6.45) is 3.28. The number of aliphatic carboxylic acids is 1. The van der Waals surface area contributed by atoms with Crippen LogP contribution < -0.4 is 0 Å². The summed E-state index contributed by atoms with van der Waals surface area (Å²) in [6, 6.07) is 0. The van der Waals surface area contributed by atoms with E-state index in [1.807, 2.05) is 23.5 Å². The summed E-state index contributed by atoms with van der Waals surface area (Å²) in [5.74, 6) is 3.01. The van der Waals surface area contributed by atoms with Gasteiger partial charge in [0.15, 0.2) is 0 Å². The molecule has 0 bridgehead atoms. The average Bonchev–Trinajstić information content (AvgIpc) is 2.43. The lowest BCUT2D eigenvalue weighted by Crippen LogP contribution is -2.44. The molecule has 1 aliphatic rings. The van der Waals surface area contributed by atoms with Crippen LogP contribution in [0.2, 0.25) is 0 Å². The van der Waals surface area contributed by atoms with Crippen LogP contribution in [0.3, 0.4) is 0 Å². The smallest absolute Gasteiger partial charge is 0.309 e. The van der Waals surface area contributed by atoms with Gasteiger partial charge in [-0.15, -0.1) is 0 Å². The Kier molecular flexibility index (Phi) is 10.1. The maximum atomic E-state index is 11.5. The predicted molar refractivity (Wildman–Crippen MR) is 95.1 cm³/mol. The summed E-state index contributed by atoms with van der Waals surface area (Å²) in [5.41, 5.74) is -1.45. The van der Waals surface area contributed by atoms with Gasteiger partial charge in [0.2, 0.25) is 0 Å². The van der Waals surface area contributed by atoms with E-state index in [2.05, 4.69) is 6.92 Å². The number of rotatable bonds is 12. The topological polar surface area (TPSA) is 83.8 Å². The van der Waals surface area contributed by atoms with Crippen molar-refractivity contribution in [1.82, 2.24) is 0 Å². The first kappa shape index (κ1) is 20.6. The van der Waals surface area contributed by atoms with E-state index in [9.17, 15) is 14.7 Å². The molecule has 0 aromatic carbocycles. The monoisotopic (exact) mass is 364 g/mol. The fourth-order valence-corrected chi connectivity index (χ4v) is 4.58. The number of esters is 1. The highest BCUT2D eigenvalue weighted by Crippen LogP contribution is 2.31. The van der Waals surface area contributed by atoms with E-state index in [1.54, 1.807) is 0 Å². The third kappa shape index (κ3) is 9.47. The van der Waals surface area contributed by atoms with Crippen molar-refractivity contribution >= 4 is 35.5 Å². The second-order valence-electron chi connectivity index (χ2n) is 6.01. The first-order valence-corrected chi connectivity index (χ1v) is 10.6. The summed E-state index contributed by atoms with van der Waals surface area (Å²) in [5, 5.41) is 19.1. The van der Waals surface area contributed by atoms with Gasteiger partial charge in [-0.25, -0.2) is 0 Å². The van der Waals surface area contributed by atoms with E-state index in [1.165, 1.54) is 24.3 Å². The first-order valence-electron chi connectivity index (χ1n) is 8.24. The van der Waals surface area contributed by atoms with E-state index in [0.29, 0.717) is 6.42 Å². The molecular weight excluding hydrogens is 336 g/mol. The molecule has 2 unspecified atom stereocenters. The van der Waals surface area contributed by atoms with Crippen molar-refractivity contribution in [2.75, 3.05) is 23.0 Å². The van der Waals surface area contributed by atoms with Gasteiger partial charge >= 0.3 is 11.9 Å². The number of aliphatic hydroxyl groups is 1. The van der Waals surface area contributed by atoms with Crippen LogP contribution in [0, 0.1) is 0 Å². The fraction of sp³-hybridized carbons (Fsp3) is 0.875. The van der Waals surface area contributed by atoms with Crippen LogP contribution >= 0.6 is 23.5 Å². The number of carbonyl (C=O) groups is 2. The molecule has 0 saturated carbocycles. The van der Waals surface area contributed by atoms with Crippen LogP contribution in [0.25, 0.3) is 0 Å². The van der Waals surface area contributed by atoms with Crippen molar-refractivity contribution in [1.29, 1.82) is 0 Å². The molecule has 7 heteroatoms. The fourth-order valence-electron chi connectivity index (χ4n) is 2.64. The Bertz CT molecular complexity index is 373. The van der Waals surface area contributed by atoms with Gasteiger partial charge < -0.3 is 14.9 Å². The largest absolute Gasteiger partial charge is 0.481 e. The van der Waals surface area contributed by atoms with Crippen molar-refractivity contribution in [3.63, 3.8) is 0 Å². The lowest BCUT2D eigenvalue weighted by molar-refractivity contribution is -0.173. The molecule has 0 aromatic heterocycles. The number of carboxylic acids is 1. The highest BCUT2D eigenvalue weighted by molar-refractivity contribution is 8.00. The Hall–Kier alpha value is -0.400. The van der Waals surface area contributed by atoms with E-state index in [-0.39, 0.29) is 18.9 Å². The summed E-state index contributed by atoms with van der Waals surface area (Å²) in [7, 11) is 0. The number of carboxylic acid groups (broad SMARTS) is 1. The molecule has 23 heavy (non-hydrogen) atoms. The molecular formula is C16H28O5S2. The lowest BCUT2D eigenvalue weighted by Gasteiger charge is -2.35. The Labute approximate surface area is 146 Å². The molecule has 2 atom stereocenters. The van der Waals surface area contributed by atoms with Crippen molar-refractivity contribution < 1.29 is 24.5 Å². The van der Waals surface area contributed by atoms with Crippen LogP contribution in [0.5, 0.6) is 0 Å². The zero-order valence-corrected chi connectivity index (χ0v) is 15.4. The van der Waals surface area contributed by atoms with Crippen molar-refractivity contribution in [3.8, 4) is 0 Å². The molecule has 1 aliphatic heterocycles. The SMILES string of the molecule is CCCSCCCSCCCC1CC(O)(CC(=O)O)CC(=O)O1. The van der Waals surface area contributed by atoms with Gasteiger partial charge in [0.1, 0.15) is 6.10 Å². The molecule has 0 aromatic rings. The van der Waals surface area contributed by atoms with E-state index in [0.717, 1.165) is 17.9 Å². The Morgan fingerprint density at radius 3 is 2.57 bits per heavy atom. The lowest BCUT2D eigenvalue weighted by atomic mass is 9.86. The molecule has 0 aliphatic carbocycles. The zero-order chi connectivity index (χ0) is 17.1. The summed E-state index contributed by atoms with van der Waals surface area (Å²) in [4.78, 5) is 22.3. The third-order valence-electron chi connectivity index (χ3n) is 3.60. The first-order chi connectivity index (χ1) is 10.9. The molecule has 2 N–H and O–H groups in total. The van der Waals surface area contributed by atoms with E-state index < -0.39 is 24.0 Å². The summed E-state index contributed by atoms with van der Waals surface area (Å²) < 4.78 is 5.23. The Morgan fingerprint density at radius 1 is 1.26 bits per heavy atom. The van der Waals surface area contributed by atoms with Gasteiger partial charge in [0, 0.05) is 6.42 Å². The highest BCUT2D eigenvalue weighted by Gasteiger charge is 2.41. The standard InChI is InChI=1S/C16H28O5S2/c1-2-6-22-8-4-9-23-7-3-5-13-10-16(20,11-14(17)18)12-15(19)21-13/h13,20H,2-12H2,1H3,(H,17,18). The maximum Gasteiger partial charge on any atom is 0.309 e. The molecule has 0 spiro atoms. The van der Waals surface area contributed by atoms with Gasteiger partial charge in [-0.3, -0.25) is 9.59 Å². The van der Waals surface area contributed by atoms with E-state index >= 15 is 0 Å². The molecule has 5 nitrogen and oxygen atoms in total. The molecule has 1 rings (SSSR count). The van der Waals surface area contributed by atoms with Crippen molar-refractivity contribution in [2.45, 2.75) is 63.6 Å². The number of thioether (sulfide) groups is 2. The highest BCUT2D eigenvalue weighted by atomic mass is 32.2. The van der Waals surface area contributed by atoms with Crippen LogP contribution in [-0.4, -0.2) is 56.9 Å². The number of hydrogen-bond acceptors (Lipinski definition) is 6. The molecule has 1 heterocycles. The molecule has 1 saturated heterocycles. The van der Waals surface area contributed by atoms with Gasteiger partial charge in [0.05, 0.1) is 18.4 Å². The number of hydrogen-bond donors (Lipinski definition) is 2. The zero-order valence-electron chi connectivity index (χ0n) is 13.8. The number of carbonyl (C=O) groups excluding carboxylic acids is 1. The van der Waals surface area contributed by atoms with Crippen LogP contribution in [-0.2, 0) is 14.3 Å². The summed E-state index contributed by atoms with van der Waals surface area (Å²) in [6.45, 7) is 2.19. The van der Waals surface area contributed by atoms with Gasteiger partial charge in [-0.05, 0) is 48.7 Å². The number of ether oxygens (including phenoxy) is 1. The number of cyclic esters (lactones) is 1. The minimum Gasteiger partial charge on any atom is -0.481 e. The third-order valence-corrected chi connectivity index (χ3v) is 6.03. The van der Waals surface area contributed by atoms with Crippen LogP contribution in [0.15, 0.2) is 0 Å². The average molecular weight is 365 g/mol. The summed E-state index contributed by atoms with van der Waals surface area (Å²) >= 11 is 3.90. The molecule has 0 radical (unpaired) electrons. The van der Waals surface area contributed by atoms with Crippen molar-refractivity contribution in [3.05, 3.63) is 0 Å². The predicted octanol–water partition coefficient (Wildman–Crippen LogP) is 2.94. The Balaban J connectivity index is 2.14. The van der Waals surface area contributed by atoms with E-state index in [4.69, 9.17) is 9.84 Å². The van der Waals surface area contributed by atoms with Gasteiger partial charge in [0.25, 0.3) is 0 Å². The van der Waals surface area contributed by atoms with Gasteiger partial charge in [-0.1, -0.05) is 6.92 Å². The molecule has 134 valence electrons. The van der Waals surface area contributed by atoms with Crippen LogP contribution in [0.1, 0.15) is 51.9 Å². The minimum absolute atomic E-state index is 0.222. The molecule has 0 amide bonds. The molecule has 1 fully saturated rings. The minimum atomic E-state index is -1.45. The van der Waals surface area contributed by atoms with Crippen LogP contribution in [0.4, 0.5) is 0 Å². The quantitative estimate of drug-likeness (QED) is 0.407. The maximum absolute atomic E-state index is 11.5. The Morgan fingerprint density at radius 2 is 1.91 bits per heavy atom. The second-order valence-corrected chi connectivity index (χ2v) is 8.46. The van der Waals surface area contributed by atoms with Gasteiger partial charge in [-0.2, -0.15) is 23.5 Å². The second kappa shape index (κ2) is 11.2.